The fourth-order valence-corrected chi connectivity index (χ4v) is 2.25. The zero-order chi connectivity index (χ0) is 9.84. The molecule has 0 radical (unpaired) electrons. The highest BCUT2D eigenvalue weighted by molar-refractivity contribution is 7.99. The molecule has 1 nitrogen and oxygen atoms in total. The van der Waals surface area contributed by atoms with Crippen LogP contribution in [0.15, 0.2) is 23.1 Å². The van der Waals surface area contributed by atoms with E-state index < -0.39 is 0 Å². The zero-order valence-corrected chi connectivity index (χ0v) is 9.32. The first-order valence-corrected chi connectivity index (χ1v) is 5.53. The van der Waals surface area contributed by atoms with Gasteiger partial charge < -0.3 is 5.73 Å². The molecule has 1 aromatic carbocycles. The van der Waals surface area contributed by atoms with Gasteiger partial charge in [-0.1, -0.05) is 13.8 Å². The van der Waals surface area contributed by atoms with E-state index in [9.17, 15) is 0 Å². The number of nitrogen functional groups attached to an aromatic ring is 1. The first-order chi connectivity index (χ1) is 6.11. The van der Waals surface area contributed by atoms with Crippen molar-refractivity contribution >= 4 is 17.4 Å². The monoisotopic (exact) mass is 195 g/mol. The third-order valence-electron chi connectivity index (χ3n) is 1.99. The number of rotatable bonds is 3. The van der Waals surface area contributed by atoms with Crippen LogP contribution in [0.25, 0.3) is 0 Å². The van der Waals surface area contributed by atoms with E-state index in [1.165, 1.54) is 16.9 Å². The van der Waals surface area contributed by atoms with Gasteiger partial charge in [-0.3, -0.25) is 0 Å². The van der Waals surface area contributed by atoms with Gasteiger partial charge in [0.1, 0.15) is 0 Å². The lowest BCUT2D eigenvalue weighted by Crippen LogP contribution is -1.93. The maximum atomic E-state index is 5.76. The molecule has 0 fully saturated rings. The van der Waals surface area contributed by atoms with Gasteiger partial charge >= 0.3 is 0 Å². The van der Waals surface area contributed by atoms with Gasteiger partial charge in [-0.25, -0.2) is 0 Å². The topological polar surface area (TPSA) is 26.0 Å². The minimum atomic E-state index is 0.668. The van der Waals surface area contributed by atoms with Gasteiger partial charge in [0, 0.05) is 15.8 Å². The Morgan fingerprint density at radius 1 is 1.38 bits per heavy atom. The standard InChI is InChI=1S/C11H17NS/c1-4-9(3)13-11-6-8(2)5-10(12)7-11/h5-7,9H,4,12H2,1-3H3. The third kappa shape index (κ3) is 3.31. The third-order valence-corrected chi connectivity index (χ3v) is 3.23. The maximum Gasteiger partial charge on any atom is 0.0327 e. The van der Waals surface area contributed by atoms with E-state index in [4.69, 9.17) is 5.73 Å². The van der Waals surface area contributed by atoms with Crippen molar-refractivity contribution < 1.29 is 0 Å². The molecular formula is C11H17NS. The van der Waals surface area contributed by atoms with Crippen LogP contribution < -0.4 is 5.73 Å². The van der Waals surface area contributed by atoms with Crippen molar-refractivity contribution in [2.45, 2.75) is 37.3 Å². The quantitative estimate of drug-likeness (QED) is 0.590. The Morgan fingerprint density at radius 3 is 2.62 bits per heavy atom. The molecule has 0 saturated heterocycles. The summed E-state index contributed by atoms with van der Waals surface area (Å²) in [5.41, 5.74) is 7.87. The lowest BCUT2D eigenvalue weighted by molar-refractivity contribution is 0.905. The van der Waals surface area contributed by atoms with Gasteiger partial charge in [0.25, 0.3) is 0 Å². The number of aryl methyl sites for hydroxylation is 1. The van der Waals surface area contributed by atoms with Crippen LogP contribution in [0.5, 0.6) is 0 Å². The number of hydrogen-bond acceptors (Lipinski definition) is 2. The molecule has 0 bridgehead atoms. The SMILES string of the molecule is CCC(C)Sc1cc(C)cc(N)c1. The van der Waals surface area contributed by atoms with E-state index in [-0.39, 0.29) is 0 Å². The van der Waals surface area contributed by atoms with Crippen LogP contribution in [0.1, 0.15) is 25.8 Å². The minimum absolute atomic E-state index is 0.668. The highest BCUT2D eigenvalue weighted by atomic mass is 32.2. The molecule has 0 spiro atoms. The van der Waals surface area contributed by atoms with Crippen LogP contribution in [-0.4, -0.2) is 5.25 Å². The largest absolute Gasteiger partial charge is 0.399 e. The molecule has 1 rings (SSSR count). The molecule has 0 aliphatic rings. The molecule has 1 unspecified atom stereocenters. The maximum absolute atomic E-state index is 5.76. The lowest BCUT2D eigenvalue weighted by atomic mass is 10.2. The Balaban J connectivity index is 2.77. The molecule has 0 aromatic heterocycles. The van der Waals surface area contributed by atoms with Crippen molar-refractivity contribution in [1.29, 1.82) is 0 Å². The number of benzene rings is 1. The van der Waals surface area contributed by atoms with E-state index in [1.54, 1.807) is 0 Å². The summed E-state index contributed by atoms with van der Waals surface area (Å²) in [6.07, 6.45) is 1.19. The van der Waals surface area contributed by atoms with Gasteiger partial charge in [-0.2, -0.15) is 0 Å². The highest BCUT2D eigenvalue weighted by Gasteiger charge is 2.02. The summed E-state index contributed by atoms with van der Waals surface area (Å²) in [6.45, 7) is 6.52. The average molecular weight is 195 g/mol. The van der Waals surface area contributed by atoms with Crippen LogP contribution >= 0.6 is 11.8 Å². The first-order valence-electron chi connectivity index (χ1n) is 4.65. The Labute approximate surface area is 84.7 Å². The number of anilines is 1. The second-order valence-electron chi connectivity index (χ2n) is 3.42. The van der Waals surface area contributed by atoms with E-state index in [0.29, 0.717) is 5.25 Å². The van der Waals surface area contributed by atoms with Crippen molar-refractivity contribution in [3.05, 3.63) is 23.8 Å². The van der Waals surface area contributed by atoms with Gasteiger partial charge in [0.15, 0.2) is 0 Å². The van der Waals surface area contributed by atoms with Crippen LogP contribution in [-0.2, 0) is 0 Å². The van der Waals surface area contributed by atoms with Crippen molar-refractivity contribution in [3.8, 4) is 0 Å². The summed E-state index contributed by atoms with van der Waals surface area (Å²) in [5.74, 6) is 0. The Kier molecular flexibility index (Phi) is 3.67. The van der Waals surface area contributed by atoms with Crippen molar-refractivity contribution in [2.24, 2.45) is 0 Å². The molecular weight excluding hydrogens is 178 g/mol. The Hall–Kier alpha value is -0.630. The normalized spacial score (nSPS) is 12.8. The summed E-state index contributed by atoms with van der Waals surface area (Å²) in [7, 11) is 0. The average Bonchev–Trinajstić information content (AvgIpc) is 2.02. The van der Waals surface area contributed by atoms with Crippen molar-refractivity contribution in [1.82, 2.24) is 0 Å². The molecule has 0 aliphatic carbocycles. The number of thioether (sulfide) groups is 1. The fourth-order valence-electron chi connectivity index (χ4n) is 1.16. The molecule has 0 aliphatic heterocycles. The summed E-state index contributed by atoms with van der Waals surface area (Å²) >= 11 is 1.89. The summed E-state index contributed by atoms with van der Waals surface area (Å²) in [6, 6.07) is 6.23. The van der Waals surface area contributed by atoms with Crippen molar-refractivity contribution in [2.75, 3.05) is 5.73 Å². The predicted octanol–water partition coefficient (Wildman–Crippen LogP) is 3.47. The van der Waals surface area contributed by atoms with Gasteiger partial charge in [0.05, 0.1) is 0 Å². The Morgan fingerprint density at radius 2 is 2.08 bits per heavy atom. The molecule has 72 valence electrons. The summed E-state index contributed by atoms with van der Waals surface area (Å²) in [5, 5.41) is 0.668. The summed E-state index contributed by atoms with van der Waals surface area (Å²) < 4.78 is 0. The Bertz CT molecular complexity index is 263. The second-order valence-corrected chi connectivity index (χ2v) is 4.93. The van der Waals surface area contributed by atoms with E-state index in [2.05, 4.69) is 26.8 Å². The van der Waals surface area contributed by atoms with Crippen LogP contribution in [0, 0.1) is 6.92 Å². The molecule has 1 atom stereocenters. The lowest BCUT2D eigenvalue weighted by Gasteiger charge is -2.09. The fraction of sp³-hybridized carbons (Fsp3) is 0.455. The van der Waals surface area contributed by atoms with Gasteiger partial charge in [0.2, 0.25) is 0 Å². The first kappa shape index (κ1) is 10.5. The van der Waals surface area contributed by atoms with E-state index in [1.807, 2.05) is 23.9 Å². The number of nitrogens with two attached hydrogens (primary N) is 1. The molecule has 2 heteroatoms. The van der Waals surface area contributed by atoms with Crippen LogP contribution in [0.3, 0.4) is 0 Å². The molecule has 0 heterocycles. The van der Waals surface area contributed by atoms with Gasteiger partial charge in [-0.05, 0) is 37.1 Å². The molecule has 1 aromatic rings. The van der Waals surface area contributed by atoms with Crippen LogP contribution in [0.2, 0.25) is 0 Å². The number of hydrogen-bond donors (Lipinski definition) is 1. The van der Waals surface area contributed by atoms with E-state index in [0.717, 1.165) is 5.69 Å². The summed E-state index contributed by atoms with van der Waals surface area (Å²) in [4.78, 5) is 1.28. The van der Waals surface area contributed by atoms with Gasteiger partial charge in [-0.15, -0.1) is 11.8 Å². The molecule has 2 N–H and O–H groups in total. The van der Waals surface area contributed by atoms with Crippen molar-refractivity contribution in [3.63, 3.8) is 0 Å². The zero-order valence-electron chi connectivity index (χ0n) is 8.50. The molecule has 13 heavy (non-hydrogen) atoms. The van der Waals surface area contributed by atoms with E-state index >= 15 is 0 Å². The molecule has 0 saturated carbocycles. The van der Waals surface area contributed by atoms with Crippen LogP contribution in [0.4, 0.5) is 5.69 Å². The predicted molar refractivity (Wildman–Crippen MR) is 61.2 cm³/mol. The smallest absolute Gasteiger partial charge is 0.0327 e. The highest BCUT2D eigenvalue weighted by Crippen LogP contribution is 2.27. The molecule has 0 amide bonds. The minimum Gasteiger partial charge on any atom is -0.399 e. The second kappa shape index (κ2) is 4.56.